The molecule has 0 aliphatic rings. The normalized spacial score (nSPS) is 11.9. The van der Waals surface area contributed by atoms with Crippen LogP contribution in [0.25, 0.3) is 22.5 Å². The second-order valence-corrected chi connectivity index (χ2v) is 10.1. The van der Waals surface area contributed by atoms with Gasteiger partial charge in [-0.25, -0.2) is 14.4 Å². The Hall–Kier alpha value is -2.95. The van der Waals surface area contributed by atoms with E-state index in [4.69, 9.17) is 9.47 Å². The Morgan fingerprint density at radius 1 is 0.605 bits per heavy atom. The highest BCUT2D eigenvalue weighted by Gasteiger charge is 2.08. The molecule has 3 aromatic rings. The average Bonchev–Trinajstić information content (AvgIpc) is 2.96. The van der Waals surface area contributed by atoms with Gasteiger partial charge in [0.1, 0.15) is 24.3 Å². The van der Waals surface area contributed by atoms with Crippen LogP contribution in [-0.4, -0.2) is 29.4 Å². The Balaban J connectivity index is 1.41. The van der Waals surface area contributed by atoms with Crippen LogP contribution in [0.4, 0.5) is 4.39 Å². The van der Waals surface area contributed by atoms with E-state index in [-0.39, 0.29) is 6.61 Å². The van der Waals surface area contributed by atoms with Crippen LogP contribution in [0.15, 0.2) is 60.9 Å². The minimum absolute atomic E-state index is 0.106. The molecule has 0 radical (unpaired) electrons. The first-order valence-corrected chi connectivity index (χ1v) is 14.6. The average molecular weight is 521 g/mol. The van der Waals surface area contributed by atoms with E-state index in [9.17, 15) is 4.39 Å². The van der Waals surface area contributed by atoms with Gasteiger partial charge in [-0.05, 0) is 54.8 Å². The van der Waals surface area contributed by atoms with Crippen molar-refractivity contribution in [3.05, 3.63) is 60.9 Å². The van der Waals surface area contributed by atoms with Gasteiger partial charge < -0.3 is 9.47 Å². The van der Waals surface area contributed by atoms with Crippen LogP contribution in [-0.2, 0) is 0 Å². The molecule has 0 bridgehead atoms. The van der Waals surface area contributed by atoms with Gasteiger partial charge in [0, 0.05) is 23.5 Å². The van der Waals surface area contributed by atoms with Crippen molar-refractivity contribution in [2.75, 3.05) is 13.2 Å². The molecule has 1 unspecified atom stereocenters. The molecule has 5 heteroatoms. The van der Waals surface area contributed by atoms with Gasteiger partial charge in [0.05, 0.1) is 6.61 Å². The molecule has 0 saturated heterocycles. The van der Waals surface area contributed by atoms with E-state index < -0.39 is 6.17 Å². The summed E-state index contributed by atoms with van der Waals surface area (Å²) in [7, 11) is 0. The van der Waals surface area contributed by atoms with Crippen LogP contribution in [0.2, 0.25) is 0 Å². The first kappa shape index (κ1) is 29.6. The van der Waals surface area contributed by atoms with Crippen molar-refractivity contribution in [3.63, 3.8) is 0 Å². The molecule has 1 atom stereocenters. The van der Waals surface area contributed by atoms with Crippen molar-refractivity contribution in [3.8, 4) is 34.0 Å². The number of unbranched alkanes of at least 4 members (excludes halogenated alkanes) is 9. The smallest absolute Gasteiger partial charge is 0.159 e. The lowest BCUT2D eigenvalue weighted by molar-refractivity contribution is 0.184. The molecule has 1 heterocycles. The molecule has 2 aromatic carbocycles. The highest BCUT2D eigenvalue weighted by atomic mass is 19.1. The lowest BCUT2D eigenvalue weighted by Crippen LogP contribution is -2.12. The van der Waals surface area contributed by atoms with Crippen LogP contribution in [0, 0.1) is 0 Å². The molecule has 0 spiro atoms. The summed E-state index contributed by atoms with van der Waals surface area (Å²) in [6, 6.07) is 15.6. The van der Waals surface area contributed by atoms with Gasteiger partial charge in [-0.3, -0.25) is 0 Å². The van der Waals surface area contributed by atoms with Gasteiger partial charge in [0.2, 0.25) is 0 Å². The number of aromatic nitrogens is 2. The minimum Gasteiger partial charge on any atom is -0.494 e. The van der Waals surface area contributed by atoms with Gasteiger partial charge in [0.15, 0.2) is 5.82 Å². The third-order valence-corrected chi connectivity index (χ3v) is 6.77. The summed E-state index contributed by atoms with van der Waals surface area (Å²) < 4.78 is 25.7. The summed E-state index contributed by atoms with van der Waals surface area (Å²) >= 11 is 0. The van der Waals surface area contributed by atoms with E-state index in [2.05, 4.69) is 23.8 Å². The Labute approximate surface area is 229 Å². The van der Waals surface area contributed by atoms with E-state index >= 15 is 0 Å². The zero-order valence-electron chi connectivity index (χ0n) is 23.3. The second kappa shape index (κ2) is 17.5. The maximum absolute atomic E-state index is 14.2. The van der Waals surface area contributed by atoms with Crippen LogP contribution in [0.5, 0.6) is 11.5 Å². The molecule has 0 aliphatic heterocycles. The summed E-state index contributed by atoms with van der Waals surface area (Å²) in [4.78, 5) is 9.12. The fraction of sp³-hybridized carbons (Fsp3) is 0.515. The van der Waals surface area contributed by atoms with Crippen LogP contribution in [0.3, 0.4) is 0 Å². The number of hydrogen-bond acceptors (Lipinski definition) is 4. The van der Waals surface area contributed by atoms with Gasteiger partial charge >= 0.3 is 0 Å². The Bertz CT molecular complexity index is 1010. The highest BCUT2D eigenvalue weighted by molar-refractivity contribution is 5.64. The Kier molecular flexibility index (Phi) is 13.7. The molecule has 38 heavy (non-hydrogen) atoms. The van der Waals surface area contributed by atoms with Crippen molar-refractivity contribution in [2.45, 2.75) is 97.1 Å². The zero-order chi connectivity index (χ0) is 26.8. The number of alkyl halides is 1. The predicted octanol–water partition coefficient (Wildman–Crippen LogP) is 9.63. The molecule has 0 N–H and O–H groups in total. The van der Waals surface area contributed by atoms with E-state index in [1.807, 2.05) is 60.9 Å². The van der Waals surface area contributed by atoms with E-state index in [1.54, 1.807) is 0 Å². The van der Waals surface area contributed by atoms with Crippen LogP contribution >= 0.6 is 0 Å². The summed E-state index contributed by atoms with van der Waals surface area (Å²) in [5.41, 5.74) is 2.88. The molecule has 0 fully saturated rings. The van der Waals surface area contributed by atoms with Crippen molar-refractivity contribution < 1.29 is 13.9 Å². The van der Waals surface area contributed by atoms with Crippen LogP contribution in [0.1, 0.15) is 90.9 Å². The minimum atomic E-state index is -0.919. The number of hydrogen-bond donors (Lipinski definition) is 0. The summed E-state index contributed by atoms with van der Waals surface area (Å²) in [5, 5.41) is 0. The predicted molar refractivity (Wildman–Crippen MR) is 156 cm³/mol. The van der Waals surface area contributed by atoms with Crippen molar-refractivity contribution in [2.24, 2.45) is 0 Å². The summed E-state index contributed by atoms with van der Waals surface area (Å²) in [6.07, 6.45) is 16.5. The SMILES string of the molecule is CCCCCCCCC(F)COc1ccc(-c2cnc(-c3ccc(OCCCCCCC)cc3)nc2)cc1. The maximum atomic E-state index is 14.2. The molecular weight excluding hydrogens is 475 g/mol. The van der Waals surface area contributed by atoms with E-state index in [0.717, 1.165) is 48.3 Å². The fourth-order valence-electron chi connectivity index (χ4n) is 4.38. The third-order valence-electron chi connectivity index (χ3n) is 6.77. The van der Waals surface area contributed by atoms with Gasteiger partial charge in [0.25, 0.3) is 0 Å². The summed E-state index contributed by atoms with van der Waals surface area (Å²) in [5.74, 6) is 2.24. The molecular formula is C33H45FN2O2. The maximum Gasteiger partial charge on any atom is 0.159 e. The largest absolute Gasteiger partial charge is 0.494 e. The molecule has 3 rings (SSSR count). The monoisotopic (exact) mass is 520 g/mol. The first-order valence-electron chi connectivity index (χ1n) is 14.6. The molecule has 0 aliphatic carbocycles. The molecule has 1 aromatic heterocycles. The van der Waals surface area contributed by atoms with Gasteiger partial charge in [-0.2, -0.15) is 0 Å². The highest BCUT2D eigenvalue weighted by Crippen LogP contribution is 2.24. The third kappa shape index (κ3) is 10.8. The summed E-state index contributed by atoms with van der Waals surface area (Å²) in [6.45, 7) is 5.30. The fourth-order valence-corrected chi connectivity index (χ4v) is 4.38. The van der Waals surface area contributed by atoms with Crippen molar-refractivity contribution >= 4 is 0 Å². The second-order valence-electron chi connectivity index (χ2n) is 10.1. The number of rotatable bonds is 19. The van der Waals surface area contributed by atoms with Gasteiger partial charge in [-0.1, -0.05) is 90.2 Å². The van der Waals surface area contributed by atoms with E-state index in [1.165, 1.54) is 51.4 Å². The van der Waals surface area contributed by atoms with E-state index in [0.29, 0.717) is 18.0 Å². The molecule has 4 nitrogen and oxygen atoms in total. The quantitative estimate of drug-likeness (QED) is 0.148. The number of ether oxygens (including phenoxy) is 2. The lowest BCUT2D eigenvalue weighted by Gasteiger charge is -2.11. The lowest BCUT2D eigenvalue weighted by atomic mass is 10.1. The van der Waals surface area contributed by atoms with Crippen molar-refractivity contribution in [1.82, 2.24) is 9.97 Å². The molecule has 0 saturated carbocycles. The number of halogens is 1. The van der Waals surface area contributed by atoms with Crippen molar-refractivity contribution in [1.29, 1.82) is 0 Å². The number of nitrogens with zero attached hydrogens (tertiary/aromatic N) is 2. The Morgan fingerprint density at radius 2 is 1.13 bits per heavy atom. The molecule has 0 amide bonds. The molecule has 206 valence electrons. The number of benzene rings is 2. The zero-order valence-corrected chi connectivity index (χ0v) is 23.3. The topological polar surface area (TPSA) is 44.2 Å². The first-order chi connectivity index (χ1) is 18.7. The van der Waals surface area contributed by atoms with Crippen LogP contribution < -0.4 is 9.47 Å². The standard InChI is InChI=1S/C33H45FN2O2/c1-3-5-7-9-10-12-14-30(34)26-38-32-19-15-27(16-20-32)29-24-35-33(36-25-29)28-17-21-31(22-18-28)37-23-13-11-8-6-4-2/h15-22,24-25,30H,3-14,23,26H2,1-2H3. The van der Waals surface area contributed by atoms with Gasteiger partial charge in [-0.15, -0.1) is 0 Å². The Morgan fingerprint density at radius 3 is 1.76 bits per heavy atom.